The highest BCUT2D eigenvalue weighted by Crippen LogP contribution is 2.45. The van der Waals surface area contributed by atoms with Gasteiger partial charge in [-0.3, -0.25) is 0 Å². The third kappa shape index (κ3) is 4.71. The molecule has 4 aliphatic rings. The molecule has 4 aliphatic heterocycles. The van der Waals surface area contributed by atoms with E-state index in [0.717, 1.165) is 61.2 Å². The minimum atomic E-state index is -0.179. The molecule has 0 saturated carbocycles. The van der Waals surface area contributed by atoms with Crippen LogP contribution in [0.5, 0.6) is 5.75 Å². The Morgan fingerprint density at radius 2 is 2.11 bits per heavy atom. The third-order valence-electron chi connectivity index (χ3n) is 8.41. The SMILES string of the molecule is COCO[C@H]1C[C@H]2COc3c(Sc4cnc(N5CCC6(CC5)CO[C@@H](C)C6N)c(CO)n4)ccnc3N2C1. The fraction of sp³-hybridized carbons (Fsp3) is 0.654. The van der Waals surface area contributed by atoms with Gasteiger partial charge in [-0.1, -0.05) is 11.8 Å². The summed E-state index contributed by atoms with van der Waals surface area (Å²) in [4.78, 5) is 19.5. The van der Waals surface area contributed by atoms with E-state index in [0.29, 0.717) is 23.9 Å². The number of fused-ring (bicyclic) bond motifs is 3. The molecule has 11 nitrogen and oxygen atoms in total. The van der Waals surface area contributed by atoms with Gasteiger partial charge in [-0.15, -0.1) is 0 Å². The molecule has 3 saturated heterocycles. The number of aromatic nitrogens is 3. The van der Waals surface area contributed by atoms with Crippen molar-refractivity contribution >= 4 is 23.4 Å². The summed E-state index contributed by atoms with van der Waals surface area (Å²) in [6, 6.07) is 2.22. The molecule has 1 spiro atoms. The zero-order chi connectivity index (χ0) is 26.3. The second-order valence-corrected chi connectivity index (χ2v) is 11.7. The van der Waals surface area contributed by atoms with E-state index in [1.54, 1.807) is 19.5 Å². The zero-order valence-corrected chi connectivity index (χ0v) is 22.7. The Morgan fingerprint density at radius 1 is 1.26 bits per heavy atom. The van der Waals surface area contributed by atoms with Crippen LogP contribution in [0, 0.1) is 5.41 Å². The third-order valence-corrected chi connectivity index (χ3v) is 9.36. The fourth-order valence-corrected chi connectivity index (χ4v) is 7.03. The molecule has 6 rings (SSSR count). The maximum absolute atomic E-state index is 10.2. The molecule has 4 atom stereocenters. The number of methoxy groups -OCH3 is 1. The molecule has 3 fully saturated rings. The molecule has 38 heavy (non-hydrogen) atoms. The van der Waals surface area contributed by atoms with Gasteiger partial charge < -0.3 is 39.6 Å². The number of piperidine rings is 1. The van der Waals surface area contributed by atoms with Crippen LogP contribution in [0.15, 0.2) is 28.4 Å². The van der Waals surface area contributed by atoms with Crippen molar-refractivity contribution < 1.29 is 24.1 Å². The van der Waals surface area contributed by atoms with Crippen LogP contribution in [0.1, 0.15) is 31.9 Å². The summed E-state index contributed by atoms with van der Waals surface area (Å²) in [5.74, 6) is 2.32. The number of nitrogens with zero attached hydrogens (tertiary/aromatic N) is 5. The van der Waals surface area contributed by atoms with Crippen LogP contribution in [-0.4, -0.2) is 91.1 Å². The lowest BCUT2D eigenvalue weighted by Crippen LogP contribution is -2.51. The Morgan fingerprint density at radius 3 is 2.84 bits per heavy atom. The minimum absolute atomic E-state index is 0.0310. The second kappa shape index (κ2) is 10.7. The first-order valence-corrected chi connectivity index (χ1v) is 14.1. The summed E-state index contributed by atoms with van der Waals surface area (Å²) in [5.41, 5.74) is 7.09. The molecular formula is C26H36N6O5S. The van der Waals surface area contributed by atoms with Crippen molar-refractivity contribution in [3.05, 3.63) is 24.2 Å². The van der Waals surface area contributed by atoms with Crippen LogP contribution >= 0.6 is 11.8 Å². The average Bonchev–Trinajstić information content (AvgIpc) is 3.49. The number of rotatable bonds is 7. The average molecular weight is 545 g/mol. The molecule has 3 N–H and O–H groups in total. The first-order chi connectivity index (χ1) is 18.5. The lowest BCUT2D eigenvalue weighted by molar-refractivity contribution is -0.0647. The minimum Gasteiger partial charge on any atom is -0.486 e. The Hall–Kier alpha value is -2.22. The highest BCUT2D eigenvalue weighted by atomic mass is 32.2. The van der Waals surface area contributed by atoms with E-state index < -0.39 is 0 Å². The van der Waals surface area contributed by atoms with Gasteiger partial charge >= 0.3 is 0 Å². The van der Waals surface area contributed by atoms with Crippen molar-refractivity contribution in [3.8, 4) is 5.75 Å². The van der Waals surface area contributed by atoms with Crippen LogP contribution in [0.3, 0.4) is 0 Å². The maximum atomic E-state index is 10.2. The first kappa shape index (κ1) is 26.0. The number of anilines is 2. The first-order valence-electron chi connectivity index (χ1n) is 13.3. The molecule has 12 heteroatoms. The number of hydrogen-bond donors (Lipinski definition) is 2. The van der Waals surface area contributed by atoms with E-state index in [4.69, 9.17) is 34.6 Å². The lowest BCUT2D eigenvalue weighted by atomic mass is 9.73. The topological polar surface area (TPSA) is 128 Å². The summed E-state index contributed by atoms with van der Waals surface area (Å²) >= 11 is 1.47. The predicted molar refractivity (Wildman–Crippen MR) is 142 cm³/mol. The predicted octanol–water partition coefficient (Wildman–Crippen LogP) is 1.81. The van der Waals surface area contributed by atoms with Crippen LogP contribution in [-0.2, 0) is 20.8 Å². The number of ether oxygens (including phenoxy) is 4. The van der Waals surface area contributed by atoms with Crippen LogP contribution in [0.2, 0.25) is 0 Å². The molecule has 206 valence electrons. The van der Waals surface area contributed by atoms with Gasteiger partial charge in [-0.05, 0) is 32.3 Å². The van der Waals surface area contributed by atoms with Gasteiger partial charge in [-0.2, -0.15) is 0 Å². The van der Waals surface area contributed by atoms with Crippen molar-refractivity contribution in [3.63, 3.8) is 0 Å². The monoisotopic (exact) mass is 544 g/mol. The van der Waals surface area contributed by atoms with Crippen LogP contribution in [0.4, 0.5) is 11.6 Å². The molecular weight excluding hydrogens is 508 g/mol. The van der Waals surface area contributed by atoms with Crippen molar-refractivity contribution in [2.24, 2.45) is 11.1 Å². The van der Waals surface area contributed by atoms with Gasteiger partial charge in [-0.25, -0.2) is 15.0 Å². The molecule has 0 aromatic carbocycles. The molecule has 0 bridgehead atoms. The van der Waals surface area contributed by atoms with E-state index in [1.165, 1.54) is 11.8 Å². The van der Waals surface area contributed by atoms with Crippen LogP contribution in [0.25, 0.3) is 0 Å². The molecule has 2 aromatic rings. The molecule has 2 aromatic heterocycles. The standard InChI is InChI=1S/C26H36N6O5S/c1-16-23(27)26(14-36-16)4-7-31(8-5-26)24-19(12-33)30-21(10-29-24)38-20-3-6-28-25-22(20)35-13-17-9-18(11-32(17)25)37-15-34-2/h3,6,10,16-18,23,33H,4-5,7-9,11-15,27H2,1-2H3/t16-,17-,18-,23?/m0/s1. The fourth-order valence-electron chi connectivity index (χ4n) is 6.17. The van der Waals surface area contributed by atoms with E-state index in [9.17, 15) is 5.11 Å². The Kier molecular flexibility index (Phi) is 7.36. The van der Waals surface area contributed by atoms with E-state index in [2.05, 4.69) is 21.7 Å². The molecule has 6 heterocycles. The number of hydrogen-bond acceptors (Lipinski definition) is 12. The molecule has 0 aliphatic carbocycles. The highest BCUT2D eigenvalue weighted by Gasteiger charge is 2.48. The summed E-state index contributed by atoms with van der Waals surface area (Å²) in [5, 5.41) is 10.9. The summed E-state index contributed by atoms with van der Waals surface area (Å²) in [6.07, 6.45) is 6.52. The highest BCUT2D eigenvalue weighted by molar-refractivity contribution is 7.99. The van der Waals surface area contributed by atoms with Crippen molar-refractivity contribution in [1.29, 1.82) is 0 Å². The Labute approximate surface area is 227 Å². The zero-order valence-electron chi connectivity index (χ0n) is 21.9. The van der Waals surface area contributed by atoms with Crippen molar-refractivity contribution in [2.45, 2.75) is 67.0 Å². The summed E-state index contributed by atoms with van der Waals surface area (Å²) in [7, 11) is 1.63. The normalized spacial score (nSPS) is 27.9. The Balaban J connectivity index is 1.16. The van der Waals surface area contributed by atoms with E-state index in [-0.39, 0.29) is 43.1 Å². The van der Waals surface area contributed by atoms with Gasteiger partial charge in [0.05, 0.1) is 42.6 Å². The number of aliphatic hydroxyl groups is 1. The maximum Gasteiger partial charge on any atom is 0.175 e. The summed E-state index contributed by atoms with van der Waals surface area (Å²) in [6.45, 7) is 5.84. The number of nitrogens with two attached hydrogens (primary N) is 1. The largest absolute Gasteiger partial charge is 0.486 e. The van der Waals surface area contributed by atoms with Gasteiger partial charge in [0, 0.05) is 44.4 Å². The molecule has 0 radical (unpaired) electrons. The Bertz CT molecular complexity index is 1150. The van der Waals surface area contributed by atoms with Crippen LogP contribution < -0.4 is 20.3 Å². The number of pyridine rings is 1. The smallest absolute Gasteiger partial charge is 0.175 e. The van der Waals surface area contributed by atoms with Gasteiger partial charge in [0.15, 0.2) is 17.4 Å². The molecule has 1 unspecified atom stereocenters. The van der Waals surface area contributed by atoms with Gasteiger partial charge in [0.25, 0.3) is 0 Å². The second-order valence-electron chi connectivity index (χ2n) is 10.6. The van der Waals surface area contributed by atoms with E-state index in [1.807, 2.05) is 6.07 Å². The molecule has 0 amide bonds. The lowest BCUT2D eigenvalue weighted by Gasteiger charge is -2.41. The van der Waals surface area contributed by atoms with Crippen molar-refractivity contribution in [2.75, 3.05) is 56.6 Å². The van der Waals surface area contributed by atoms with Crippen molar-refractivity contribution in [1.82, 2.24) is 15.0 Å². The summed E-state index contributed by atoms with van der Waals surface area (Å²) < 4.78 is 22.9. The van der Waals surface area contributed by atoms with E-state index >= 15 is 0 Å². The quantitative estimate of drug-likeness (QED) is 0.493. The van der Waals surface area contributed by atoms with Gasteiger partial charge in [0.1, 0.15) is 24.1 Å². The number of aliphatic hydroxyl groups excluding tert-OH is 1. The van der Waals surface area contributed by atoms with Gasteiger partial charge in [0.2, 0.25) is 0 Å².